The van der Waals surface area contributed by atoms with E-state index >= 15 is 0 Å². The van der Waals surface area contributed by atoms with Gasteiger partial charge in [0.05, 0.1) is 5.69 Å². The second-order valence-corrected chi connectivity index (χ2v) is 6.40. The third kappa shape index (κ3) is 3.60. The molecular weight excluding hydrogens is 312 g/mol. The highest BCUT2D eigenvalue weighted by atomic mass is 35.5. The van der Waals surface area contributed by atoms with Gasteiger partial charge in [0.2, 0.25) is 10.0 Å². The Labute approximate surface area is 127 Å². The summed E-state index contributed by atoms with van der Waals surface area (Å²) in [6.07, 6.45) is 0. The van der Waals surface area contributed by atoms with Crippen molar-refractivity contribution >= 4 is 33.2 Å². The van der Waals surface area contributed by atoms with Gasteiger partial charge in [-0.15, -0.1) is 0 Å². The van der Waals surface area contributed by atoms with Crippen LogP contribution in [0.15, 0.2) is 47.4 Å². The van der Waals surface area contributed by atoms with E-state index in [9.17, 15) is 13.2 Å². The molecule has 5 nitrogen and oxygen atoms in total. The highest BCUT2D eigenvalue weighted by Crippen LogP contribution is 2.21. The molecule has 0 heterocycles. The second-order valence-electron chi connectivity index (χ2n) is 4.46. The number of rotatable bonds is 3. The molecule has 2 aromatic rings. The van der Waals surface area contributed by atoms with Gasteiger partial charge in [-0.3, -0.25) is 4.79 Å². The van der Waals surface area contributed by atoms with Gasteiger partial charge in [0.25, 0.3) is 5.91 Å². The molecule has 0 bridgehead atoms. The zero-order chi connectivity index (χ0) is 15.6. The van der Waals surface area contributed by atoms with Crippen molar-refractivity contribution in [2.24, 2.45) is 5.14 Å². The van der Waals surface area contributed by atoms with Crippen LogP contribution in [0.1, 0.15) is 15.9 Å². The molecule has 2 rings (SSSR count). The molecule has 0 aliphatic carbocycles. The maximum absolute atomic E-state index is 12.2. The van der Waals surface area contributed by atoms with Crippen molar-refractivity contribution in [1.29, 1.82) is 0 Å². The van der Waals surface area contributed by atoms with Crippen LogP contribution in [0, 0.1) is 6.92 Å². The van der Waals surface area contributed by atoms with Crippen molar-refractivity contribution < 1.29 is 13.2 Å². The van der Waals surface area contributed by atoms with Crippen LogP contribution in [0.5, 0.6) is 0 Å². The van der Waals surface area contributed by atoms with Crippen LogP contribution in [0.2, 0.25) is 5.02 Å². The van der Waals surface area contributed by atoms with Crippen molar-refractivity contribution in [3.8, 4) is 0 Å². The SMILES string of the molecule is Cc1ccc(C(=O)Nc2ccccc2S(N)(=O)=O)cc1Cl. The summed E-state index contributed by atoms with van der Waals surface area (Å²) in [5.41, 5.74) is 1.30. The summed E-state index contributed by atoms with van der Waals surface area (Å²) in [6, 6.07) is 10.8. The molecule has 0 unspecified atom stereocenters. The Balaban J connectivity index is 2.34. The average Bonchev–Trinajstić information content (AvgIpc) is 2.41. The number of hydrogen-bond donors (Lipinski definition) is 2. The number of anilines is 1. The Bertz CT molecular complexity index is 804. The van der Waals surface area contributed by atoms with Gasteiger partial charge in [-0.2, -0.15) is 0 Å². The summed E-state index contributed by atoms with van der Waals surface area (Å²) in [6.45, 7) is 1.82. The summed E-state index contributed by atoms with van der Waals surface area (Å²) in [4.78, 5) is 12.0. The van der Waals surface area contributed by atoms with Crippen LogP contribution in [-0.4, -0.2) is 14.3 Å². The molecule has 0 fully saturated rings. The standard InChI is InChI=1S/C14H13ClN2O3S/c1-9-6-7-10(8-11(9)15)14(18)17-12-4-2-3-5-13(12)21(16,19)20/h2-8H,1H3,(H,17,18)(H2,16,19,20). The summed E-state index contributed by atoms with van der Waals surface area (Å²) in [5, 5.41) is 8.10. The lowest BCUT2D eigenvalue weighted by atomic mass is 10.1. The van der Waals surface area contributed by atoms with Gasteiger partial charge in [0.15, 0.2) is 0 Å². The van der Waals surface area contributed by atoms with Crippen molar-refractivity contribution in [2.45, 2.75) is 11.8 Å². The van der Waals surface area contributed by atoms with Gasteiger partial charge in [-0.1, -0.05) is 29.8 Å². The maximum atomic E-state index is 12.2. The lowest BCUT2D eigenvalue weighted by molar-refractivity contribution is 0.102. The Kier molecular flexibility index (Phi) is 4.32. The number of primary sulfonamides is 1. The molecule has 0 atom stereocenters. The molecule has 2 aromatic carbocycles. The van der Waals surface area contributed by atoms with Crippen LogP contribution in [0.3, 0.4) is 0 Å². The van der Waals surface area contributed by atoms with Crippen molar-refractivity contribution in [1.82, 2.24) is 0 Å². The number of nitrogens with one attached hydrogen (secondary N) is 1. The van der Waals surface area contributed by atoms with Crippen LogP contribution in [0.4, 0.5) is 5.69 Å². The summed E-state index contributed by atoms with van der Waals surface area (Å²) >= 11 is 5.97. The first-order valence-corrected chi connectivity index (χ1v) is 7.91. The Hall–Kier alpha value is -1.89. The third-order valence-electron chi connectivity index (χ3n) is 2.88. The molecule has 0 saturated heterocycles. The van der Waals surface area contributed by atoms with E-state index in [4.69, 9.17) is 16.7 Å². The average molecular weight is 325 g/mol. The molecule has 0 aromatic heterocycles. The Morgan fingerprint density at radius 3 is 2.48 bits per heavy atom. The highest BCUT2D eigenvalue weighted by Gasteiger charge is 2.16. The minimum Gasteiger partial charge on any atom is -0.321 e. The molecule has 110 valence electrons. The number of sulfonamides is 1. The van der Waals surface area contributed by atoms with E-state index in [0.717, 1.165) is 5.56 Å². The van der Waals surface area contributed by atoms with Crippen LogP contribution < -0.4 is 10.5 Å². The molecule has 3 N–H and O–H groups in total. The minimum absolute atomic E-state index is 0.127. The largest absolute Gasteiger partial charge is 0.321 e. The molecule has 0 aliphatic heterocycles. The number of carbonyl (C=O) groups is 1. The number of nitrogens with two attached hydrogens (primary N) is 1. The normalized spacial score (nSPS) is 11.2. The van der Waals surface area contributed by atoms with Crippen molar-refractivity contribution in [2.75, 3.05) is 5.32 Å². The predicted octanol–water partition coefficient (Wildman–Crippen LogP) is 2.55. The number of carbonyl (C=O) groups excluding carboxylic acids is 1. The molecule has 0 aliphatic rings. The monoisotopic (exact) mass is 324 g/mol. The maximum Gasteiger partial charge on any atom is 0.255 e. The predicted molar refractivity (Wildman–Crippen MR) is 82.0 cm³/mol. The number of para-hydroxylation sites is 1. The molecule has 0 spiro atoms. The number of benzene rings is 2. The molecular formula is C14H13ClN2O3S. The van der Waals surface area contributed by atoms with Gasteiger partial charge < -0.3 is 5.32 Å². The van der Waals surface area contributed by atoms with Gasteiger partial charge in [0, 0.05) is 10.6 Å². The smallest absolute Gasteiger partial charge is 0.255 e. The van der Waals surface area contributed by atoms with Crippen LogP contribution in [0.25, 0.3) is 0 Å². The lowest BCUT2D eigenvalue weighted by Gasteiger charge is -2.10. The van der Waals surface area contributed by atoms with Gasteiger partial charge in [-0.05, 0) is 36.8 Å². The van der Waals surface area contributed by atoms with Gasteiger partial charge in [-0.25, -0.2) is 13.6 Å². The molecule has 21 heavy (non-hydrogen) atoms. The van der Waals surface area contributed by atoms with E-state index in [0.29, 0.717) is 10.6 Å². The quantitative estimate of drug-likeness (QED) is 0.909. The highest BCUT2D eigenvalue weighted by molar-refractivity contribution is 7.89. The lowest BCUT2D eigenvalue weighted by Crippen LogP contribution is -2.18. The van der Waals surface area contributed by atoms with Gasteiger partial charge in [0.1, 0.15) is 4.90 Å². The number of halogens is 1. The van der Waals surface area contributed by atoms with Crippen molar-refractivity contribution in [3.63, 3.8) is 0 Å². The first-order chi connectivity index (χ1) is 9.79. The zero-order valence-corrected chi connectivity index (χ0v) is 12.7. The molecule has 7 heteroatoms. The van der Waals surface area contributed by atoms with E-state index in [1.165, 1.54) is 24.3 Å². The minimum atomic E-state index is -3.92. The Morgan fingerprint density at radius 1 is 1.19 bits per heavy atom. The molecule has 1 amide bonds. The fraction of sp³-hybridized carbons (Fsp3) is 0.0714. The topological polar surface area (TPSA) is 89.3 Å². The first-order valence-electron chi connectivity index (χ1n) is 5.98. The van der Waals surface area contributed by atoms with E-state index in [1.807, 2.05) is 6.92 Å². The van der Waals surface area contributed by atoms with E-state index in [2.05, 4.69) is 5.32 Å². The van der Waals surface area contributed by atoms with E-state index < -0.39 is 15.9 Å². The zero-order valence-electron chi connectivity index (χ0n) is 11.1. The summed E-state index contributed by atoms with van der Waals surface area (Å²) in [7, 11) is -3.92. The number of amides is 1. The van der Waals surface area contributed by atoms with Gasteiger partial charge >= 0.3 is 0 Å². The Morgan fingerprint density at radius 2 is 1.86 bits per heavy atom. The first kappa shape index (κ1) is 15.5. The molecule has 0 radical (unpaired) electrons. The summed E-state index contributed by atoms with van der Waals surface area (Å²) < 4.78 is 23.0. The van der Waals surface area contributed by atoms with Crippen LogP contribution in [-0.2, 0) is 10.0 Å². The fourth-order valence-corrected chi connectivity index (χ4v) is 2.62. The van der Waals surface area contributed by atoms with E-state index in [1.54, 1.807) is 18.2 Å². The number of aryl methyl sites for hydroxylation is 1. The summed E-state index contributed by atoms with van der Waals surface area (Å²) in [5.74, 6) is -0.465. The second kappa shape index (κ2) is 5.85. The molecule has 0 saturated carbocycles. The van der Waals surface area contributed by atoms with Crippen molar-refractivity contribution in [3.05, 3.63) is 58.6 Å². The fourth-order valence-electron chi connectivity index (χ4n) is 1.75. The number of hydrogen-bond acceptors (Lipinski definition) is 3. The third-order valence-corrected chi connectivity index (χ3v) is 4.25. The van der Waals surface area contributed by atoms with Crippen LogP contribution >= 0.6 is 11.6 Å². The van der Waals surface area contributed by atoms with E-state index in [-0.39, 0.29) is 10.6 Å².